The Labute approximate surface area is 95.1 Å². The van der Waals surface area contributed by atoms with Gasteiger partial charge in [0.05, 0.1) is 5.51 Å². The van der Waals surface area contributed by atoms with Crippen molar-refractivity contribution in [1.29, 1.82) is 0 Å². The van der Waals surface area contributed by atoms with Crippen molar-refractivity contribution < 1.29 is 0 Å². The van der Waals surface area contributed by atoms with Gasteiger partial charge in [0.2, 0.25) is 0 Å². The van der Waals surface area contributed by atoms with Gasteiger partial charge in [0.25, 0.3) is 0 Å². The number of nitrogens with zero attached hydrogens (tertiary/aromatic N) is 1. The molecule has 2 saturated carbocycles. The van der Waals surface area contributed by atoms with Crippen LogP contribution in [0.4, 0.5) is 0 Å². The van der Waals surface area contributed by atoms with Crippen LogP contribution in [-0.4, -0.2) is 17.6 Å². The van der Waals surface area contributed by atoms with Gasteiger partial charge in [-0.1, -0.05) is 0 Å². The molecule has 0 radical (unpaired) electrons. The van der Waals surface area contributed by atoms with Crippen molar-refractivity contribution in [1.82, 2.24) is 10.3 Å². The number of rotatable bonds is 5. The molecule has 0 bridgehead atoms. The molecule has 0 saturated heterocycles. The van der Waals surface area contributed by atoms with E-state index in [1.807, 2.05) is 23.0 Å². The van der Waals surface area contributed by atoms with E-state index >= 15 is 0 Å². The first-order chi connectivity index (χ1) is 7.42. The normalized spacial score (nSPS) is 30.1. The standard InChI is InChI=1S/C12H18N2S/c1-2-10(6-14-11-3-4-11)9(1)5-12-7-13-8-15-12/h7-11,14H,1-6H2. The van der Waals surface area contributed by atoms with Crippen molar-refractivity contribution in [3.63, 3.8) is 0 Å². The zero-order valence-corrected chi connectivity index (χ0v) is 9.80. The third kappa shape index (κ3) is 2.40. The lowest BCUT2D eigenvalue weighted by Crippen LogP contribution is -2.37. The smallest absolute Gasteiger partial charge is 0.0794 e. The van der Waals surface area contributed by atoms with Crippen LogP contribution in [0.5, 0.6) is 0 Å². The van der Waals surface area contributed by atoms with Gasteiger partial charge in [-0.15, -0.1) is 11.3 Å². The summed E-state index contributed by atoms with van der Waals surface area (Å²) in [6, 6.07) is 0.870. The average molecular weight is 222 g/mol. The van der Waals surface area contributed by atoms with Crippen molar-refractivity contribution in [3.8, 4) is 0 Å². The largest absolute Gasteiger partial charge is 0.314 e. The monoisotopic (exact) mass is 222 g/mol. The Morgan fingerprint density at radius 2 is 2.13 bits per heavy atom. The maximum atomic E-state index is 4.15. The quantitative estimate of drug-likeness (QED) is 0.828. The molecule has 0 aliphatic heterocycles. The fourth-order valence-electron chi connectivity index (χ4n) is 2.38. The topological polar surface area (TPSA) is 24.9 Å². The van der Waals surface area contributed by atoms with Crippen LogP contribution in [0.1, 0.15) is 30.6 Å². The van der Waals surface area contributed by atoms with E-state index in [9.17, 15) is 0 Å². The second-order valence-corrected chi connectivity index (χ2v) is 5.92. The Hall–Kier alpha value is -0.410. The molecule has 15 heavy (non-hydrogen) atoms. The van der Waals surface area contributed by atoms with E-state index in [2.05, 4.69) is 10.3 Å². The Balaban J connectivity index is 1.45. The summed E-state index contributed by atoms with van der Waals surface area (Å²) >= 11 is 1.81. The molecule has 2 aliphatic carbocycles. The summed E-state index contributed by atoms with van der Waals surface area (Å²) < 4.78 is 0. The molecule has 3 heteroatoms. The van der Waals surface area contributed by atoms with Gasteiger partial charge < -0.3 is 5.32 Å². The summed E-state index contributed by atoms with van der Waals surface area (Å²) in [5.74, 6) is 1.87. The molecule has 0 aromatic carbocycles. The van der Waals surface area contributed by atoms with E-state index in [4.69, 9.17) is 0 Å². The first kappa shape index (κ1) is 9.79. The molecule has 0 amide bonds. The Morgan fingerprint density at radius 1 is 1.27 bits per heavy atom. The molecular weight excluding hydrogens is 204 g/mol. The first-order valence-corrected chi connectivity index (χ1v) is 6.90. The second-order valence-electron chi connectivity index (χ2n) is 4.95. The SMILES string of the molecule is c1ncc(CC2CCC2CNC2CC2)s1. The van der Waals surface area contributed by atoms with Gasteiger partial charge in [0.1, 0.15) is 0 Å². The number of aromatic nitrogens is 1. The van der Waals surface area contributed by atoms with E-state index in [0.29, 0.717) is 0 Å². The molecule has 2 aliphatic rings. The predicted octanol–water partition coefficient (Wildman–Crippen LogP) is 2.46. The van der Waals surface area contributed by atoms with Gasteiger partial charge in [-0.25, -0.2) is 0 Å². The molecule has 1 N–H and O–H groups in total. The second kappa shape index (κ2) is 4.22. The van der Waals surface area contributed by atoms with Gasteiger partial charge in [0, 0.05) is 17.1 Å². The van der Waals surface area contributed by atoms with Gasteiger partial charge in [-0.3, -0.25) is 4.98 Å². The zero-order chi connectivity index (χ0) is 10.1. The molecular formula is C12H18N2S. The van der Waals surface area contributed by atoms with Crippen molar-refractivity contribution >= 4 is 11.3 Å². The lowest BCUT2D eigenvalue weighted by atomic mass is 9.71. The van der Waals surface area contributed by atoms with Crippen LogP contribution in [0.25, 0.3) is 0 Å². The zero-order valence-electron chi connectivity index (χ0n) is 8.98. The molecule has 2 fully saturated rings. The Bertz CT molecular complexity index is 305. The summed E-state index contributed by atoms with van der Waals surface area (Å²) in [5, 5.41) is 3.66. The van der Waals surface area contributed by atoms with E-state index in [1.165, 1.54) is 43.5 Å². The molecule has 1 heterocycles. The molecule has 0 spiro atoms. The van der Waals surface area contributed by atoms with Crippen molar-refractivity contribution in [2.75, 3.05) is 6.54 Å². The summed E-state index contributed by atoms with van der Waals surface area (Å²) in [5.41, 5.74) is 1.95. The van der Waals surface area contributed by atoms with Crippen LogP contribution in [0, 0.1) is 11.8 Å². The van der Waals surface area contributed by atoms with Crippen LogP contribution in [0.2, 0.25) is 0 Å². The van der Waals surface area contributed by atoms with Crippen molar-refractivity contribution in [3.05, 3.63) is 16.6 Å². The van der Waals surface area contributed by atoms with Gasteiger partial charge in [0.15, 0.2) is 0 Å². The molecule has 3 rings (SSSR count). The van der Waals surface area contributed by atoms with Crippen LogP contribution < -0.4 is 5.32 Å². The van der Waals surface area contributed by atoms with Gasteiger partial charge >= 0.3 is 0 Å². The van der Waals surface area contributed by atoms with Gasteiger partial charge in [-0.2, -0.15) is 0 Å². The first-order valence-electron chi connectivity index (χ1n) is 6.02. The summed E-state index contributed by atoms with van der Waals surface area (Å²) in [6.45, 7) is 1.26. The molecule has 2 unspecified atom stereocenters. The minimum absolute atomic E-state index is 0.870. The highest BCUT2D eigenvalue weighted by molar-refractivity contribution is 7.09. The number of thiazole rings is 1. The Morgan fingerprint density at radius 3 is 2.73 bits per heavy atom. The number of hydrogen-bond acceptors (Lipinski definition) is 3. The fourth-order valence-corrected chi connectivity index (χ4v) is 3.07. The molecule has 1 aromatic rings. The van der Waals surface area contributed by atoms with Crippen LogP contribution >= 0.6 is 11.3 Å². The highest BCUT2D eigenvalue weighted by Crippen LogP contribution is 2.37. The number of hydrogen-bond donors (Lipinski definition) is 1. The maximum Gasteiger partial charge on any atom is 0.0794 e. The number of nitrogens with one attached hydrogen (secondary N) is 1. The maximum absolute atomic E-state index is 4.15. The van der Waals surface area contributed by atoms with Crippen molar-refractivity contribution in [2.24, 2.45) is 11.8 Å². The minimum Gasteiger partial charge on any atom is -0.314 e. The highest BCUT2D eigenvalue weighted by Gasteiger charge is 2.32. The summed E-state index contributed by atoms with van der Waals surface area (Å²) in [4.78, 5) is 5.61. The summed E-state index contributed by atoms with van der Waals surface area (Å²) in [7, 11) is 0. The third-order valence-electron chi connectivity index (χ3n) is 3.77. The summed E-state index contributed by atoms with van der Waals surface area (Å²) in [6.07, 6.45) is 8.98. The average Bonchev–Trinajstić information content (AvgIpc) is 2.90. The predicted molar refractivity (Wildman–Crippen MR) is 63.1 cm³/mol. The molecule has 82 valence electrons. The third-order valence-corrected chi connectivity index (χ3v) is 4.57. The molecule has 2 atom stereocenters. The Kier molecular flexibility index (Phi) is 2.76. The van der Waals surface area contributed by atoms with Crippen molar-refractivity contribution in [2.45, 2.75) is 38.1 Å². The fraction of sp³-hybridized carbons (Fsp3) is 0.750. The highest BCUT2D eigenvalue weighted by atomic mass is 32.1. The van der Waals surface area contributed by atoms with E-state index in [-0.39, 0.29) is 0 Å². The lowest BCUT2D eigenvalue weighted by Gasteiger charge is -2.36. The van der Waals surface area contributed by atoms with E-state index in [0.717, 1.165) is 17.9 Å². The van der Waals surface area contributed by atoms with Crippen LogP contribution in [0.15, 0.2) is 11.7 Å². The van der Waals surface area contributed by atoms with E-state index < -0.39 is 0 Å². The lowest BCUT2D eigenvalue weighted by molar-refractivity contribution is 0.171. The van der Waals surface area contributed by atoms with Crippen LogP contribution in [0.3, 0.4) is 0 Å². The van der Waals surface area contributed by atoms with Crippen LogP contribution in [-0.2, 0) is 6.42 Å². The molecule has 1 aromatic heterocycles. The van der Waals surface area contributed by atoms with E-state index in [1.54, 1.807) is 0 Å². The molecule has 2 nitrogen and oxygen atoms in total. The minimum atomic E-state index is 0.870. The van der Waals surface area contributed by atoms with Gasteiger partial charge in [-0.05, 0) is 50.5 Å².